The SMILES string of the molecule is C=CC=CN[C@@H](CO)C(=O)O. The van der Waals surface area contributed by atoms with E-state index in [1.807, 2.05) is 0 Å². The van der Waals surface area contributed by atoms with Crippen LogP contribution < -0.4 is 5.32 Å². The minimum atomic E-state index is -1.08. The Hall–Kier alpha value is -1.29. The summed E-state index contributed by atoms with van der Waals surface area (Å²) >= 11 is 0. The van der Waals surface area contributed by atoms with E-state index in [1.165, 1.54) is 12.3 Å². The van der Waals surface area contributed by atoms with Gasteiger partial charge in [-0.3, -0.25) is 0 Å². The second-order valence-electron chi connectivity index (χ2n) is 1.83. The van der Waals surface area contributed by atoms with Gasteiger partial charge < -0.3 is 15.5 Å². The van der Waals surface area contributed by atoms with Crippen molar-refractivity contribution in [2.45, 2.75) is 6.04 Å². The minimum Gasteiger partial charge on any atom is -0.480 e. The summed E-state index contributed by atoms with van der Waals surface area (Å²) in [6.45, 7) is 2.96. The van der Waals surface area contributed by atoms with Crippen LogP contribution in [0.3, 0.4) is 0 Å². The van der Waals surface area contributed by atoms with E-state index in [2.05, 4.69) is 11.9 Å². The fourth-order valence-electron chi connectivity index (χ4n) is 0.442. The molecule has 3 N–H and O–H groups in total. The summed E-state index contributed by atoms with van der Waals surface area (Å²) in [5.74, 6) is -1.08. The predicted octanol–water partition coefficient (Wildman–Crippen LogP) is -0.279. The first-order chi connectivity index (χ1) is 5.22. The van der Waals surface area contributed by atoms with Gasteiger partial charge in [0.25, 0.3) is 0 Å². The maximum absolute atomic E-state index is 10.2. The molecular weight excluding hydrogens is 146 g/mol. The number of aliphatic carboxylic acids is 1. The molecule has 0 aromatic rings. The molecule has 0 unspecified atom stereocenters. The summed E-state index contributed by atoms with van der Waals surface area (Å²) < 4.78 is 0. The molecule has 4 nitrogen and oxygen atoms in total. The lowest BCUT2D eigenvalue weighted by Crippen LogP contribution is -2.36. The number of nitrogens with one attached hydrogen (secondary N) is 1. The van der Waals surface area contributed by atoms with Gasteiger partial charge in [-0.15, -0.1) is 0 Å². The number of aliphatic hydroxyl groups is 1. The van der Waals surface area contributed by atoms with E-state index in [0.717, 1.165) is 0 Å². The first kappa shape index (κ1) is 9.71. The predicted molar refractivity (Wildman–Crippen MR) is 41.0 cm³/mol. The fourth-order valence-corrected chi connectivity index (χ4v) is 0.442. The summed E-state index contributed by atoms with van der Waals surface area (Å²) in [5, 5.41) is 19.4. The minimum absolute atomic E-state index is 0.434. The topological polar surface area (TPSA) is 69.6 Å². The Bertz CT molecular complexity index is 165. The second kappa shape index (κ2) is 5.49. The van der Waals surface area contributed by atoms with Crippen LogP contribution in [0.25, 0.3) is 0 Å². The number of carbonyl (C=O) groups is 1. The highest BCUT2D eigenvalue weighted by Gasteiger charge is 2.12. The van der Waals surface area contributed by atoms with Gasteiger partial charge in [-0.25, -0.2) is 4.79 Å². The van der Waals surface area contributed by atoms with Crippen molar-refractivity contribution >= 4 is 5.97 Å². The average molecular weight is 157 g/mol. The highest BCUT2D eigenvalue weighted by Crippen LogP contribution is 1.81. The molecule has 4 heteroatoms. The summed E-state index contributed by atoms with van der Waals surface area (Å²) in [4.78, 5) is 10.2. The Kier molecular flexibility index (Phi) is 4.85. The molecule has 0 aromatic heterocycles. The highest BCUT2D eigenvalue weighted by molar-refractivity contribution is 5.73. The van der Waals surface area contributed by atoms with Gasteiger partial charge in [-0.1, -0.05) is 12.7 Å². The molecular formula is C7H11NO3. The van der Waals surface area contributed by atoms with Crippen molar-refractivity contribution in [3.63, 3.8) is 0 Å². The Morgan fingerprint density at radius 1 is 1.73 bits per heavy atom. The van der Waals surface area contributed by atoms with E-state index in [1.54, 1.807) is 6.08 Å². The molecule has 0 aromatic carbocycles. The number of carboxylic acids is 1. The lowest BCUT2D eigenvalue weighted by atomic mass is 10.3. The third-order valence-corrected chi connectivity index (χ3v) is 1.01. The van der Waals surface area contributed by atoms with Crippen LogP contribution in [0.2, 0.25) is 0 Å². The molecule has 0 saturated carbocycles. The van der Waals surface area contributed by atoms with E-state index < -0.39 is 18.6 Å². The van der Waals surface area contributed by atoms with Gasteiger partial charge in [0.2, 0.25) is 0 Å². The monoisotopic (exact) mass is 157 g/mol. The van der Waals surface area contributed by atoms with Crippen LogP contribution in [0.4, 0.5) is 0 Å². The van der Waals surface area contributed by atoms with Crippen LogP contribution >= 0.6 is 0 Å². The number of aliphatic hydroxyl groups excluding tert-OH is 1. The van der Waals surface area contributed by atoms with Crippen LogP contribution in [0.1, 0.15) is 0 Å². The number of allylic oxidation sites excluding steroid dienone is 2. The van der Waals surface area contributed by atoms with E-state index in [-0.39, 0.29) is 0 Å². The van der Waals surface area contributed by atoms with Crippen LogP contribution in [-0.2, 0) is 4.79 Å². The summed E-state index contributed by atoms with van der Waals surface area (Å²) in [6, 6.07) is -0.939. The molecule has 0 fully saturated rings. The van der Waals surface area contributed by atoms with E-state index >= 15 is 0 Å². The van der Waals surface area contributed by atoms with Gasteiger partial charge in [0.1, 0.15) is 6.04 Å². The maximum atomic E-state index is 10.2. The van der Waals surface area contributed by atoms with Crippen LogP contribution in [0, 0.1) is 0 Å². The van der Waals surface area contributed by atoms with Crippen molar-refractivity contribution in [3.05, 3.63) is 24.9 Å². The van der Waals surface area contributed by atoms with Crippen molar-refractivity contribution < 1.29 is 15.0 Å². The fraction of sp³-hybridized carbons (Fsp3) is 0.286. The smallest absolute Gasteiger partial charge is 0.328 e. The van der Waals surface area contributed by atoms with Crippen LogP contribution in [-0.4, -0.2) is 28.8 Å². The zero-order valence-electron chi connectivity index (χ0n) is 6.03. The van der Waals surface area contributed by atoms with Crippen molar-refractivity contribution in [1.29, 1.82) is 0 Å². The van der Waals surface area contributed by atoms with Gasteiger partial charge in [0.15, 0.2) is 0 Å². The number of carboxylic acid groups (broad SMARTS) is 1. The van der Waals surface area contributed by atoms with Crippen LogP contribution in [0.15, 0.2) is 24.9 Å². The number of hydrogen-bond donors (Lipinski definition) is 3. The van der Waals surface area contributed by atoms with E-state index in [9.17, 15) is 4.79 Å². The summed E-state index contributed by atoms with van der Waals surface area (Å²) in [5.41, 5.74) is 0. The van der Waals surface area contributed by atoms with Crippen molar-refractivity contribution in [3.8, 4) is 0 Å². The van der Waals surface area contributed by atoms with Gasteiger partial charge in [-0.2, -0.15) is 0 Å². The molecule has 0 rings (SSSR count). The van der Waals surface area contributed by atoms with Gasteiger partial charge in [0.05, 0.1) is 6.61 Å². The molecule has 1 atom stereocenters. The van der Waals surface area contributed by atoms with Gasteiger partial charge in [-0.05, 0) is 12.3 Å². The maximum Gasteiger partial charge on any atom is 0.328 e. The van der Waals surface area contributed by atoms with E-state index in [4.69, 9.17) is 10.2 Å². The third kappa shape index (κ3) is 4.16. The molecule has 0 amide bonds. The Balaban J connectivity index is 3.78. The Labute approximate surface area is 64.8 Å². The van der Waals surface area contributed by atoms with Gasteiger partial charge >= 0.3 is 5.97 Å². The molecule has 62 valence electrons. The molecule has 0 heterocycles. The number of hydrogen-bond acceptors (Lipinski definition) is 3. The summed E-state index contributed by atoms with van der Waals surface area (Å²) in [7, 11) is 0. The van der Waals surface area contributed by atoms with Crippen molar-refractivity contribution in [2.75, 3.05) is 6.61 Å². The molecule has 0 aliphatic rings. The first-order valence-electron chi connectivity index (χ1n) is 3.09. The van der Waals surface area contributed by atoms with Crippen molar-refractivity contribution in [1.82, 2.24) is 5.32 Å². The Morgan fingerprint density at radius 3 is 2.73 bits per heavy atom. The molecule has 0 spiro atoms. The molecule has 0 radical (unpaired) electrons. The number of rotatable bonds is 5. The van der Waals surface area contributed by atoms with Crippen molar-refractivity contribution in [2.24, 2.45) is 0 Å². The molecule has 0 aliphatic carbocycles. The summed E-state index contributed by atoms with van der Waals surface area (Å²) in [6.07, 6.45) is 4.47. The zero-order chi connectivity index (χ0) is 8.69. The zero-order valence-corrected chi connectivity index (χ0v) is 6.03. The molecule has 0 aliphatic heterocycles. The highest BCUT2D eigenvalue weighted by atomic mass is 16.4. The lowest BCUT2D eigenvalue weighted by molar-refractivity contribution is -0.140. The molecule has 0 bridgehead atoms. The standard InChI is InChI=1S/C7H11NO3/c1-2-3-4-8-6(5-9)7(10)11/h2-4,6,8-9H,1,5H2,(H,10,11)/t6-/m0/s1. The largest absolute Gasteiger partial charge is 0.480 e. The normalized spacial score (nSPS) is 12.8. The Morgan fingerprint density at radius 2 is 2.36 bits per heavy atom. The molecule has 0 saturated heterocycles. The second-order valence-corrected chi connectivity index (χ2v) is 1.83. The quantitative estimate of drug-likeness (QED) is 0.480. The first-order valence-corrected chi connectivity index (χ1v) is 3.09. The third-order valence-electron chi connectivity index (χ3n) is 1.01. The average Bonchev–Trinajstić information content (AvgIpc) is 1.97. The lowest BCUT2D eigenvalue weighted by Gasteiger charge is -2.07. The van der Waals surface area contributed by atoms with E-state index in [0.29, 0.717) is 0 Å². The van der Waals surface area contributed by atoms with Gasteiger partial charge in [0, 0.05) is 0 Å². The van der Waals surface area contributed by atoms with Crippen LogP contribution in [0.5, 0.6) is 0 Å². The molecule has 11 heavy (non-hydrogen) atoms.